The first-order valence-electron chi connectivity index (χ1n) is 3.48. The minimum Gasteiger partial charge on any atom is -0.472 e. The summed E-state index contributed by atoms with van der Waals surface area (Å²) in [6.45, 7) is 3.70. The molecular formula is C10H8O. The molecule has 0 aromatic carbocycles. The summed E-state index contributed by atoms with van der Waals surface area (Å²) in [4.78, 5) is 0. The number of rotatable bonds is 1. The Kier molecular flexibility index (Phi) is 1.29. The Bertz CT molecular complexity index is 316. The molecule has 2 aliphatic rings. The van der Waals surface area contributed by atoms with Gasteiger partial charge in [-0.2, -0.15) is 0 Å². The lowest BCUT2D eigenvalue weighted by atomic mass is 10.2. The van der Waals surface area contributed by atoms with Crippen molar-refractivity contribution in [2.24, 2.45) is 0 Å². The zero-order chi connectivity index (χ0) is 7.68. The second-order valence-electron chi connectivity index (χ2n) is 2.46. The van der Waals surface area contributed by atoms with Crippen molar-refractivity contribution in [2.45, 2.75) is 0 Å². The topological polar surface area (TPSA) is 13.1 Å². The van der Waals surface area contributed by atoms with Gasteiger partial charge in [0.25, 0.3) is 0 Å². The molecule has 1 nitrogen and oxygen atoms in total. The molecule has 0 aromatic heterocycles. The smallest absolute Gasteiger partial charge is 0.0980 e. The van der Waals surface area contributed by atoms with Gasteiger partial charge in [0.05, 0.1) is 12.5 Å². The van der Waals surface area contributed by atoms with E-state index in [1.54, 1.807) is 12.5 Å². The Morgan fingerprint density at radius 2 is 2.09 bits per heavy atom. The average Bonchev–Trinajstić information content (AvgIpc) is 2.46. The van der Waals surface area contributed by atoms with Gasteiger partial charge in [-0.1, -0.05) is 12.7 Å². The fourth-order valence-electron chi connectivity index (χ4n) is 1.16. The first-order valence-corrected chi connectivity index (χ1v) is 3.48. The van der Waals surface area contributed by atoms with Crippen molar-refractivity contribution in [1.82, 2.24) is 0 Å². The van der Waals surface area contributed by atoms with E-state index >= 15 is 0 Å². The summed E-state index contributed by atoms with van der Waals surface area (Å²) in [5, 5.41) is 0. The first kappa shape index (κ1) is 6.23. The highest BCUT2D eigenvalue weighted by molar-refractivity contribution is 5.72. The predicted octanol–water partition coefficient (Wildman–Crippen LogP) is 3.03. The molecule has 2 rings (SSSR count). The van der Waals surface area contributed by atoms with Gasteiger partial charge in [0, 0.05) is 5.56 Å². The fourth-order valence-corrected chi connectivity index (χ4v) is 1.16. The third-order valence-electron chi connectivity index (χ3n) is 1.73. The van der Waals surface area contributed by atoms with Crippen molar-refractivity contribution in [3.8, 4) is 11.1 Å². The van der Waals surface area contributed by atoms with Crippen LogP contribution < -0.4 is 0 Å². The number of fused-ring (bicyclic) bond motifs is 1. The van der Waals surface area contributed by atoms with Crippen LogP contribution in [-0.4, -0.2) is 0 Å². The standard InChI is InChI=1S/C10H8O/c1-2-8-5-9-3-4-11-7-10(9)6-8/h2-7H,1H2. The van der Waals surface area contributed by atoms with Crippen LogP contribution in [0.1, 0.15) is 5.56 Å². The molecule has 0 saturated heterocycles. The van der Waals surface area contributed by atoms with Gasteiger partial charge in [0.2, 0.25) is 0 Å². The summed E-state index contributed by atoms with van der Waals surface area (Å²) in [6, 6.07) is 6.08. The Labute approximate surface area is 65.3 Å². The zero-order valence-corrected chi connectivity index (χ0v) is 6.08. The Morgan fingerprint density at radius 1 is 1.27 bits per heavy atom. The third kappa shape index (κ3) is 0.944. The minimum absolute atomic E-state index is 1.13. The maximum absolute atomic E-state index is 5.01. The summed E-state index contributed by atoms with van der Waals surface area (Å²) >= 11 is 0. The maximum Gasteiger partial charge on any atom is 0.0980 e. The minimum atomic E-state index is 1.13. The highest BCUT2D eigenvalue weighted by Gasteiger charge is 2.02. The number of hydrogen-bond acceptors (Lipinski definition) is 1. The van der Waals surface area contributed by atoms with Crippen LogP contribution in [0.5, 0.6) is 0 Å². The summed E-state index contributed by atoms with van der Waals surface area (Å²) in [7, 11) is 0. The molecular weight excluding hydrogens is 136 g/mol. The van der Waals surface area contributed by atoms with Crippen LogP contribution in [0, 0.1) is 0 Å². The molecule has 0 aromatic rings. The molecule has 1 aliphatic heterocycles. The molecule has 0 spiro atoms. The van der Waals surface area contributed by atoms with E-state index in [4.69, 9.17) is 4.42 Å². The van der Waals surface area contributed by atoms with Crippen molar-refractivity contribution in [1.29, 1.82) is 0 Å². The molecule has 1 aliphatic carbocycles. The van der Waals surface area contributed by atoms with Crippen molar-refractivity contribution in [2.75, 3.05) is 0 Å². The average molecular weight is 144 g/mol. The largest absolute Gasteiger partial charge is 0.472 e. The highest BCUT2D eigenvalue weighted by atomic mass is 16.3. The molecule has 1 heteroatoms. The van der Waals surface area contributed by atoms with Crippen LogP contribution in [0.3, 0.4) is 0 Å². The third-order valence-corrected chi connectivity index (χ3v) is 1.73. The van der Waals surface area contributed by atoms with Crippen LogP contribution in [0.4, 0.5) is 0 Å². The van der Waals surface area contributed by atoms with Crippen LogP contribution in [-0.2, 0) is 0 Å². The van der Waals surface area contributed by atoms with E-state index in [1.807, 2.05) is 18.2 Å². The fraction of sp³-hybridized carbons (Fsp3) is 0. The molecule has 0 unspecified atom stereocenters. The van der Waals surface area contributed by atoms with E-state index in [0.717, 1.165) is 11.1 Å². The highest BCUT2D eigenvalue weighted by Crippen LogP contribution is 2.25. The summed E-state index contributed by atoms with van der Waals surface area (Å²) in [5.74, 6) is 0. The van der Waals surface area contributed by atoms with E-state index in [-0.39, 0.29) is 0 Å². The van der Waals surface area contributed by atoms with Crippen LogP contribution >= 0.6 is 0 Å². The lowest BCUT2D eigenvalue weighted by molar-refractivity contribution is 0.552. The SMILES string of the molecule is C=Cc1cc2ccocc-2c1. The Hall–Kier alpha value is -1.50. The van der Waals surface area contributed by atoms with Gasteiger partial charge >= 0.3 is 0 Å². The lowest BCUT2D eigenvalue weighted by Crippen LogP contribution is -1.67. The molecule has 11 heavy (non-hydrogen) atoms. The van der Waals surface area contributed by atoms with Crippen LogP contribution in [0.15, 0.2) is 41.7 Å². The Balaban J connectivity index is 2.69. The second kappa shape index (κ2) is 2.27. The van der Waals surface area contributed by atoms with Gasteiger partial charge in [-0.05, 0) is 29.3 Å². The molecule has 0 atom stereocenters. The predicted molar refractivity (Wildman–Crippen MR) is 45.4 cm³/mol. The molecule has 0 amide bonds. The van der Waals surface area contributed by atoms with Crippen molar-refractivity contribution in [3.63, 3.8) is 0 Å². The second-order valence-corrected chi connectivity index (χ2v) is 2.46. The monoisotopic (exact) mass is 144 g/mol. The van der Waals surface area contributed by atoms with E-state index in [9.17, 15) is 0 Å². The van der Waals surface area contributed by atoms with Crippen molar-refractivity contribution >= 4 is 6.08 Å². The summed E-state index contributed by atoms with van der Waals surface area (Å²) < 4.78 is 5.01. The lowest BCUT2D eigenvalue weighted by Gasteiger charge is -1.91. The zero-order valence-electron chi connectivity index (χ0n) is 6.08. The quantitative estimate of drug-likeness (QED) is 0.599. The van der Waals surface area contributed by atoms with Gasteiger partial charge in [-0.15, -0.1) is 0 Å². The molecule has 1 heterocycles. The molecule has 0 radical (unpaired) electrons. The van der Waals surface area contributed by atoms with Gasteiger partial charge < -0.3 is 4.42 Å². The van der Waals surface area contributed by atoms with Gasteiger partial charge in [-0.3, -0.25) is 0 Å². The molecule has 0 fully saturated rings. The van der Waals surface area contributed by atoms with Crippen molar-refractivity contribution in [3.05, 3.63) is 42.9 Å². The summed E-state index contributed by atoms with van der Waals surface area (Å²) in [6.07, 6.45) is 5.25. The normalized spacial score (nSPS) is 10.2. The Morgan fingerprint density at radius 3 is 2.82 bits per heavy atom. The van der Waals surface area contributed by atoms with Crippen molar-refractivity contribution < 1.29 is 4.42 Å². The van der Waals surface area contributed by atoms with E-state index in [2.05, 4.69) is 12.6 Å². The molecule has 54 valence electrons. The van der Waals surface area contributed by atoms with Gasteiger partial charge in [-0.25, -0.2) is 0 Å². The van der Waals surface area contributed by atoms with E-state index < -0.39 is 0 Å². The van der Waals surface area contributed by atoms with E-state index in [0.29, 0.717) is 0 Å². The number of hydrogen-bond donors (Lipinski definition) is 0. The van der Waals surface area contributed by atoms with E-state index in [1.165, 1.54) is 5.56 Å². The molecule has 0 N–H and O–H groups in total. The molecule has 0 saturated carbocycles. The van der Waals surface area contributed by atoms with Gasteiger partial charge in [0.1, 0.15) is 0 Å². The van der Waals surface area contributed by atoms with Crippen LogP contribution in [0.2, 0.25) is 0 Å². The maximum atomic E-state index is 5.01. The summed E-state index contributed by atoms with van der Waals surface area (Å²) in [5.41, 5.74) is 3.47. The van der Waals surface area contributed by atoms with Crippen LogP contribution in [0.25, 0.3) is 17.2 Å². The molecule has 0 bridgehead atoms. The first-order chi connectivity index (χ1) is 5.40. The van der Waals surface area contributed by atoms with Gasteiger partial charge in [0.15, 0.2) is 0 Å².